The SMILES string of the molecule is Cc1ccc2c(Cc3ccc(C)c(C(=O)O)c3)c(-c3ccccc3)nn2c1. The van der Waals surface area contributed by atoms with Crippen molar-refractivity contribution in [2.45, 2.75) is 20.3 Å². The minimum Gasteiger partial charge on any atom is -0.478 e. The molecule has 27 heavy (non-hydrogen) atoms. The molecule has 0 amide bonds. The minimum atomic E-state index is -0.895. The Morgan fingerprint density at radius 1 is 1.04 bits per heavy atom. The third-order valence-electron chi connectivity index (χ3n) is 4.84. The molecule has 0 fully saturated rings. The van der Waals surface area contributed by atoms with Crippen LogP contribution in [0.3, 0.4) is 0 Å². The molecular formula is C23H20N2O2. The normalized spacial score (nSPS) is 11.0. The third-order valence-corrected chi connectivity index (χ3v) is 4.84. The molecule has 4 heteroatoms. The van der Waals surface area contributed by atoms with E-state index in [-0.39, 0.29) is 0 Å². The second kappa shape index (κ2) is 6.72. The van der Waals surface area contributed by atoms with Crippen LogP contribution in [0.5, 0.6) is 0 Å². The Balaban J connectivity index is 1.88. The van der Waals surface area contributed by atoms with Gasteiger partial charge < -0.3 is 5.11 Å². The molecule has 0 aliphatic rings. The quantitative estimate of drug-likeness (QED) is 0.565. The molecule has 1 N–H and O–H groups in total. The van der Waals surface area contributed by atoms with Crippen LogP contribution in [0.15, 0.2) is 66.9 Å². The molecular weight excluding hydrogens is 336 g/mol. The molecule has 0 aliphatic heterocycles. The fraction of sp³-hybridized carbons (Fsp3) is 0.130. The highest BCUT2D eigenvalue weighted by Gasteiger charge is 2.16. The molecule has 0 bridgehead atoms. The number of hydrogen-bond acceptors (Lipinski definition) is 2. The molecule has 4 rings (SSSR count). The summed E-state index contributed by atoms with van der Waals surface area (Å²) in [5.74, 6) is -0.895. The molecule has 0 saturated heterocycles. The minimum absolute atomic E-state index is 0.348. The zero-order valence-electron chi connectivity index (χ0n) is 15.3. The van der Waals surface area contributed by atoms with Gasteiger partial charge in [-0.3, -0.25) is 0 Å². The third kappa shape index (κ3) is 3.22. The van der Waals surface area contributed by atoms with E-state index in [0.717, 1.165) is 39.0 Å². The second-order valence-corrected chi connectivity index (χ2v) is 6.86. The highest BCUT2D eigenvalue weighted by molar-refractivity contribution is 5.89. The summed E-state index contributed by atoms with van der Waals surface area (Å²) in [4.78, 5) is 11.5. The van der Waals surface area contributed by atoms with Crippen LogP contribution in [-0.4, -0.2) is 20.7 Å². The van der Waals surface area contributed by atoms with Crippen LogP contribution < -0.4 is 0 Å². The Kier molecular flexibility index (Phi) is 4.24. The zero-order chi connectivity index (χ0) is 19.0. The highest BCUT2D eigenvalue weighted by Crippen LogP contribution is 2.29. The lowest BCUT2D eigenvalue weighted by atomic mass is 9.97. The first kappa shape index (κ1) is 17.0. The number of aromatic nitrogens is 2. The maximum Gasteiger partial charge on any atom is 0.335 e. The lowest BCUT2D eigenvalue weighted by molar-refractivity contribution is 0.0696. The predicted molar refractivity (Wildman–Crippen MR) is 106 cm³/mol. The van der Waals surface area contributed by atoms with Crippen molar-refractivity contribution in [2.24, 2.45) is 0 Å². The van der Waals surface area contributed by atoms with Crippen LogP contribution in [-0.2, 0) is 6.42 Å². The Hall–Kier alpha value is -3.40. The number of carbonyl (C=O) groups is 1. The maximum absolute atomic E-state index is 11.5. The summed E-state index contributed by atoms with van der Waals surface area (Å²) in [5.41, 5.74) is 7.34. The van der Waals surface area contributed by atoms with E-state index in [9.17, 15) is 9.90 Å². The number of aromatic carboxylic acids is 1. The summed E-state index contributed by atoms with van der Waals surface area (Å²) < 4.78 is 1.92. The largest absolute Gasteiger partial charge is 0.478 e. The Morgan fingerprint density at radius 3 is 2.56 bits per heavy atom. The van der Waals surface area contributed by atoms with Gasteiger partial charge in [0.05, 0.1) is 16.8 Å². The molecule has 134 valence electrons. The lowest BCUT2D eigenvalue weighted by Crippen LogP contribution is -2.01. The zero-order valence-corrected chi connectivity index (χ0v) is 15.3. The standard InChI is InChI=1S/C23H20N2O2/c1-15-8-11-21-20(13-17-10-9-16(2)19(12-17)23(26)27)22(24-25(21)14-15)18-6-4-3-5-7-18/h3-12,14H,13H2,1-2H3,(H,26,27). The first-order chi connectivity index (χ1) is 13.0. The van der Waals surface area contributed by atoms with E-state index in [2.05, 4.69) is 24.3 Å². The Bertz CT molecular complexity index is 1140. The van der Waals surface area contributed by atoms with Crippen molar-refractivity contribution in [1.82, 2.24) is 9.61 Å². The van der Waals surface area contributed by atoms with E-state index in [1.807, 2.05) is 54.9 Å². The van der Waals surface area contributed by atoms with E-state index in [1.54, 1.807) is 6.07 Å². The van der Waals surface area contributed by atoms with Crippen molar-refractivity contribution in [2.75, 3.05) is 0 Å². The van der Waals surface area contributed by atoms with Gasteiger partial charge >= 0.3 is 5.97 Å². The number of carboxylic acid groups (broad SMARTS) is 1. The van der Waals surface area contributed by atoms with Crippen LogP contribution in [0.4, 0.5) is 0 Å². The fourth-order valence-electron chi connectivity index (χ4n) is 3.42. The molecule has 2 aromatic heterocycles. The van der Waals surface area contributed by atoms with Gasteiger partial charge in [-0.2, -0.15) is 5.10 Å². The number of benzene rings is 2. The van der Waals surface area contributed by atoms with Crippen LogP contribution >= 0.6 is 0 Å². The van der Waals surface area contributed by atoms with E-state index < -0.39 is 5.97 Å². The van der Waals surface area contributed by atoms with Gasteiger partial charge in [-0.05, 0) is 42.7 Å². The van der Waals surface area contributed by atoms with Crippen molar-refractivity contribution in [3.8, 4) is 11.3 Å². The number of rotatable bonds is 4. The number of fused-ring (bicyclic) bond motifs is 1. The molecule has 0 aliphatic carbocycles. The van der Waals surface area contributed by atoms with E-state index in [1.165, 1.54) is 0 Å². The van der Waals surface area contributed by atoms with Gasteiger partial charge in [0.2, 0.25) is 0 Å². The molecule has 0 saturated carbocycles. The van der Waals surface area contributed by atoms with Crippen LogP contribution in [0.2, 0.25) is 0 Å². The van der Waals surface area contributed by atoms with Crippen LogP contribution in [0.1, 0.15) is 32.6 Å². The van der Waals surface area contributed by atoms with E-state index >= 15 is 0 Å². The van der Waals surface area contributed by atoms with E-state index in [4.69, 9.17) is 5.10 Å². The average molecular weight is 356 g/mol. The van der Waals surface area contributed by atoms with Crippen molar-refractivity contribution < 1.29 is 9.90 Å². The second-order valence-electron chi connectivity index (χ2n) is 6.86. The average Bonchev–Trinajstić information content (AvgIpc) is 3.01. The van der Waals surface area contributed by atoms with Crippen LogP contribution in [0, 0.1) is 13.8 Å². The van der Waals surface area contributed by atoms with Gasteiger partial charge in [0.1, 0.15) is 0 Å². The molecule has 2 aromatic carbocycles. The number of hydrogen-bond donors (Lipinski definition) is 1. The van der Waals surface area contributed by atoms with Crippen LogP contribution in [0.25, 0.3) is 16.8 Å². The maximum atomic E-state index is 11.5. The van der Waals surface area contributed by atoms with Crippen molar-refractivity contribution in [1.29, 1.82) is 0 Å². The van der Waals surface area contributed by atoms with Gasteiger partial charge in [-0.1, -0.05) is 48.5 Å². The molecule has 4 nitrogen and oxygen atoms in total. The summed E-state index contributed by atoms with van der Waals surface area (Å²) in [6.07, 6.45) is 2.64. The summed E-state index contributed by atoms with van der Waals surface area (Å²) in [6.45, 7) is 3.86. The number of carboxylic acids is 1. The molecule has 0 radical (unpaired) electrons. The van der Waals surface area contributed by atoms with Crippen molar-refractivity contribution >= 4 is 11.5 Å². The summed E-state index contributed by atoms with van der Waals surface area (Å²) in [5, 5.41) is 14.2. The lowest BCUT2D eigenvalue weighted by Gasteiger charge is -2.07. The van der Waals surface area contributed by atoms with Gasteiger partial charge in [0, 0.05) is 23.7 Å². The summed E-state index contributed by atoms with van der Waals surface area (Å²) in [6, 6.07) is 19.9. The molecule has 0 spiro atoms. The van der Waals surface area contributed by atoms with Crippen molar-refractivity contribution in [3.05, 3.63) is 94.7 Å². The molecule has 2 heterocycles. The van der Waals surface area contributed by atoms with Gasteiger partial charge in [-0.25, -0.2) is 9.31 Å². The fourth-order valence-corrected chi connectivity index (χ4v) is 3.42. The first-order valence-corrected chi connectivity index (χ1v) is 8.89. The predicted octanol–water partition coefficient (Wildman–Crippen LogP) is 4.91. The molecule has 0 unspecified atom stereocenters. The number of nitrogens with zero attached hydrogens (tertiary/aromatic N) is 2. The smallest absolute Gasteiger partial charge is 0.335 e. The Morgan fingerprint density at radius 2 is 1.81 bits per heavy atom. The molecule has 0 atom stereocenters. The monoisotopic (exact) mass is 356 g/mol. The first-order valence-electron chi connectivity index (χ1n) is 8.89. The van der Waals surface area contributed by atoms with Gasteiger partial charge in [-0.15, -0.1) is 0 Å². The summed E-state index contributed by atoms with van der Waals surface area (Å²) in [7, 11) is 0. The van der Waals surface area contributed by atoms with Gasteiger partial charge in [0.25, 0.3) is 0 Å². The number of pyridine rings is 1. The molecule has 4 aromatic rings. The summed E-state index contributed by atoms with van der Waals surface area (Å²) >= 11 is 0. The number of aryl methyl sites for hydroxylation is 2. The van der Waals surface area contributed by atoms with Gasteiger partial charge in [0.15, 0.2) is 0 Å². The van der Waals surface area contributed by atoms with Crippen molar-refractivity contribution in [3.63, 3.8) is 0 Å². The highest BCUT2D eigenvalue weighted by atomic mass is 16.4. The topological polar surface area (TPSA) is 54.6 Å². The van der Waals surface area contributed by atoms with E-state index in [0.29, 0.717) is 12.0 Å². The Labute approximate surface area is 157 Å².